The van der Waals surface area contributed by atoms with Gasteiger partial charge in [-0.25, -0.2) is 4.39 Å². The third-order valence-corrected chi connectivity index (χ3v) is 2.33. The van der Waals surface area contributed by atoms with Crippen molar-refractivity contribution in [2.24, 2.45) is 7.05 Å². The minimum absolute atomic E-state index is 0.346. The monoisotopic (exact) mass is 255 g/mol. The van der Waals surface area contributed by atoms with Crippen molar-refractivity contribution in [2.75, 3.05) is 0 Å². The summed E-state index contributed by atoms with van der Waals surface area (Å²) in [4.78, 5) is 3.94. The van der Waals surface area contributed by atoms with Crippen LogP contribution in [0.1, 0.15) is 0 Å². The second-order valence-electron chi connectivity index (χ2n) is 2.86. The summed E-state index contributed by atoms with van der Waals surface area (Å²) in [6.45, 7) is 0. The Morgan fingerprint density at radius 3 is 2.71 bits per heavy atom. The summed E-state index contributed by atoms with van der Waals surface area (Å²) in [5, 5.41) is 4.19. The summed E-state index contributed by atoms with van der Waals surface area (Å²) in [6, 6.07) is 2.96. The van der Waals surface area contributed by atoms with Crippen molar-refractivity contribution in [3.05, 3.63) is 34.8 Å². The van der Waals surface area contributed by atoms with E-state index in [1.165, 1.54) is 12.3 Å². The minimum atomic E-state index is -0.346. The molecule has 72 valence electrons. The normalized spacial score (nSPS) is 10.5. The first-order valence-corrected chi connectivity index (χ1v) is 4.77. The molecule has 0 bridgehead atoms. The van der Waals surface area contributed by atoms with Crippen molar-refractivity contribution in [1.29, 1.82) is 0 Å². The van der Waals surface area contributed by atoms with Crippen LogP contribution in [0.5, 0.6) is 0 Å². The summed E-state index contributed by atoms with van der Waals surface area (Å²) in [7, 11) is 1.82. The molecule has 0 aliphatic heterocycles. The lowest BCUT2D eigenvalue weighted by Crippen LogP contribution is -1.89. The van der Waals surface area contributed by atoms with Gasteiger partial charge in [-0.3, -0.25) is 9.67 Å². The zero-order valence-corrected chi connectivity index (χ0v) is 8.99. The predicted molar refractivity (Wildman–Crippen MR) is 54.1 cm³/mol. The highest BCUT2D eigenvalue weighted by atomic mass is 79.9. The van der Waals surface area contributed by atoms with Gasteiger partial charge >= 0.3 is 0 Å². The van der Waals surface area contributed by atoms with E-state index in [4.69, 9.17) is 0 Å². The minimum Gasteiger partial charge on any atom is -0.274 e. The van der Waals surface area contributed by atoms with Gasteiger partial charge in [0.25, 0.3) is 0 Å². The maximum absolute atomic E-state index is 12.6. The van der Waals surface area contributed by atoms with Gasteiger partial charge in [-0.1, -0.05) is 0 Å². The third kappa shape index (κ3) is 1.68. The lowest BCUT2D eigenvalue weighted by atomic mass is 10.3. The molecule has 0 spiro atoms. The second-order valence-corrected chi connectivity index (χ2v) is 3.72. The number of rotatable bonds is 1. The van der Waals surface area contributed by atoms with E-state index < -0.39 is 0 Å². The molecular weight excluding hydrogens is 249 g/mol. The molecular formula is C9H7BrFN3. The van der Waals surface area contributed by atoms with Crippen LogP contribution in [0.15, 0.2) is 29.0 Å². The van der Waals surface area contributed by atoms with E-state index in [9.17, 15) is 4.39 Å². The molecule has 2 rings (SSSR count). The summed E-state index contributed by atoms with van der Waals surface area (Å²) in [6.07, 6.45) is 3.00. The standard InChI is InChI=1S/C9H7BrFN3/c1-14-5-7(10)9(13-14)8-3-2-6(11)4-12-8/h2-5H,1H3. The summed E-state index contributed by atoms with van der Waals surface area (Å²) < 4.78 is 15.1. The van der Waals surface area contributed by atoms with Gasteiger partial charge in [0.2, 0.25) is 0 Å². The molecule has 0 aromatic carbocycles. The lowest BCUT2D eigenvalue weighted by Gasteiger charge is -1.95. The SMILES string of the molecule is Cn1cc(Br)c(-c2ccc(F)cn2)n1. The number of pyridine rings is 1. The number of hydrogen-bond donors (Lipinski definition) is 0. The molecule has 0 saturated heterocycles. The zero-order chi connectivity index (χ0) is 10.1. The van der Waals surface area contributed by atoms with E-state index in [0.29, 0.717) is 11.4 Å². The van der Waals surface area contributed by atoms with Crippen molar-refractivity contribution in [3.8, 4) is 11.4 Å². The molecule has 0 aliphatic rings. The van der Waals surface area contributed by atoms with Gasteiger partial charge in [-0.05, 0) is 28.1 Å². The molecule has 14 heavy (non-hydrogen) atoms. The Morgan fingerprint density at radius 1 is 1.43 bits per heavy atom. The number of aromatic nitrogens is 3. The van der Waals surface area contributed by atoms with Crippen molar-refractivity contribution < 1.29 is 4.39 Å². The van der Waals surface area contributed by atoms with Crippen molar-refractivity contribution in [3.63, 3.8) is 0 Å². The van der Waals surface area contributed by atoms with Gasteiger partial charge < -0.3 is 0 Å². The number of nitrogens with zero attached hydrogens (tertiary/aromatic N) is 3. The molecule has 0 unspecified atom stereocenters. The van der Waals surface area contributed by atoms with Crippen LogP contribution in [-0.2, 0) is 7.05 Å². The van der Waals surface area contributed by atoms with Gasteiger partial charge in [-0.15, -0.1) is 0 Å². The average molecular weight is 256 g/mol. The van der Waals surface area contributed by atoms with E-state index >= 15 is 0 Å². The van der Waals surface area contributed by atoms with Crippen LogP contribution in [-0.4, -0.2) is 14.8 Å². The predicted octanol–water partition coefficient (Wildman–Crippen LogP) is 2.38. The number of hydrogen-bond acceptors (Lipinski definition) is 2. The smallest absolute Gasteiger partial charge is 0.141 e. The molecule has 3 nitrogen and oxygen atoms in total. The van der Waals surface area contributed by atoms with E-state index in [2.05, 4.69) is 26.0 Å². The molecule has 2 heterocycles. The van der Waals surface area contributed by atoms with Crippen LogP contribution >= 0.6 is 15.9 Å². The van der Waals surface area contributed by atoms with E-state index in [1.807, 2.05) is 13.2 Å². The first-order chi connectivity index (χ1) is 6.66. The summed E-state index contributed by atoms with van der Waals surface area (Å²) in [5.41, 5.74) is 1.37. The molecule has 0 radical (unpaired) electrons. The lowest BCUT2D eigenvalue weighted by molar-refractivity contribution is 0.621. The van der Waals surface area contributed by atoms with Crippen molar-refractivity contribution >= 4 is 15.9 Å². The number of halogens is 2. The van der Waals surface area contributed by atoms with Gasteiger partial charge in [-0.2, -0.15) is 5.10 Å². The van der Waals surface area contributed by atoms with E-state index in [0.717, 1.165) is 4.47 Å². The maximum atomic E-state index is 12.6. The Morgan fingerprint density at radius 2 is 2.21 bits per heavy atom. The first-order valence-electron chi connectivity index (χ1n) is 3.98. The quantitative estimate of drug-likeness (QED) is 0.784. The second kappa shape index (κ2) is 3.49. The largest absolute Gasteiger partial charge is 0.274 e. The Balaban J connectivity index is 2.49. The highest BCUT2D eigenvalue weighted by Gasteiger charge is 2.08. The Bertz CT molecular complexity index is 450. The summed E-state index contributed by atoms with van der Waals surface area (Å²) in [5.74, 6) is -0.346. The van der Waals surface area contributed by atoms with Crippen molar-refractivity contribution in [2.45, 2.75) is 0 Å². The van der Waals surface area contributed by atoms with Crippen LogP contribution in [0.2, 0.25) is 0 Å². The Labute approximate surface area is 88.7 Å². The Hall–Kier alpha value is -1.23. The highest BCUT2D eigenvalue weighted by Crippen LogP contribution is 2.24. The zero-order valence-electron chi connectivity index (χ0n) is 7.41. The van der Waals surface area contributed by atoms with Crippen molar-refractivity contribution in [1.82, 2.24) is 14.8 Å². The fraction of sp³-hybridized carbons (Fsp3) is 0.111. The fourth-order valence-corrected chi connectivity index (χ4v) is 1.73. The summed E-state index contributed by atoms with van der Waals surface area (Å²) >= 11 is 3.36. The van der Waals surface area contributed by atoms with Gasteiger partial charge in [0, 0.05) is 13.2 Å². The molecule has 5 heteroatoms. The molecule has 2 aromatic heterocycles. The first kappa shape index (κ1) is 9.33. The molecule has 2 aromatic rings. The van der Waals surface area contributed by atoms with Gasteiger partial charge in [0.1, 0.15) is 11.5 Å². The van der Waals surface area contributed by atoms with Crippen LogP contribution < -0.4 is 0 Å². The van der Waals surface area contributed by atoms with Crippen LogP contribution in [0, 0.1) is 5.82 Å². The molecule has 0 atom stereocenters. The number of aryl methyl sites for hydroxylation is 1. The van der Waals surface area contributed by atoms with Gasteiger partial charge in [0.05, 0.1) is 16.4 Å². The third-order valence-electron chi connectivity index (χ3n) is 1.75. The van der Waals surface area contributed by atoms with Crippen LogP contribution in [0.25, 0.3) is 11.4 Å². The molecule has 0 fully saturated rings. The maximum Gasteiger partial charge on any atom is 0.141 e. The topological polar surface area (TPSA) is 30.7 Å². The Kier molecular flexibility index (Phi) is 2.33. The van der Waals surface area contributed by atoms with Crippen LogP contribution in [0.3, 0.4) is 0 Å². The molecule has 0 amide bonds. The molecule has 0 saturated carbocycles. The fourth-order valence-electron chi connectivity index (χ4n) is 1.15. The average Bonchev–Trinajstić information content (AvgIpc) is 2.47. The van der Waals surface area contributed by atoms with E-state index in [-0.39, 0.29) is 5.82 Å². The van der Waals surface area contributed by atoms with Gasteiger partial charge in [0.15, 0.2) is 0 Å². The molecule has 0 aliphatic carbocycles. The van der Waals surface area contributed by atoms with Crippen LogP contribution in [0.4, 0.5) is 4.39 Å². The highest BCUT2D eigenvalue weighted by molar-refractivity contribution is 9.10. The molecule has 0 N–H and O–H groups in total. The van der Waals surface area contributed by atoms with E-state index in [1.54, 1.807) is 10.7 Å².